The highest BCUT2D eigenvalue weighted by Crippen LogP contribution is 2.34. The number of benzene rings is 1. The summed E-state index contributed by atoms with van der Waals surface area (Å²) >= 11 is 5.97. The van der Waals surface area contributed by atoms with Gasteiger partial charge in [0.2, 0.25) is 0 Å². The molecule has 0 amide bonds. The highest BCUT2D eigenvalue weighted by atomic mass is 35.5. The van der Waals surface area contributed by atoms with Crippen LogP contribution in [0.15, 0.2) is 53.2 Å². The van der Waals surface area contributed by atoms with Gasteiger partial charge in [0.15, 0.2) is 24.0 Å². The third-order valence-corrected chi connectivity index (χ3v) is 4.23. The number of hydrogen-bond donors (Lipinski definition) is 1. The fourth-order valence-electron chi connectivity index (χ4n) is 2.40. The number of alkyl halides is 3. The summed E-state index contributed by atoms with van der Waals surface area (Å²) < 4.78 is 68.4. The summed E-state index contributed by atoms with van der Waals surface area (Å²) in [4.78, 5) is 23.4. The monoisotopic (exact) mass is 477 g/mol. The Morgan fingerprint density at radius 1 is 1.28 bits per heavy atom. The first kappa shape index (κ1) is 24.8. The number of methoxy groups -OCH3 is 1. The van der Waals surface area contributed by atoms with Gasteiger partial charge in [-0.2, -0.15) is 13.2 Å². The Balaban J connectivity index is 2.46. The minimum atomic E-state index is -4.89. The van der Waals surface area contributed by atoms with Crippen molar-refractivity contribution in [3.05, 3.63) is 75.2 Å². The maximum absolute atomic E-state index is 14.5. The molecule has 0 aliphatic carbocycles. The van der Waals surface area contributed by atoms with Crippen LogP contribution in [0.4, 0.5) is 17.6 Å². The van der Waals surface area contributed by atoms with Crippen LogP contribution >= 0.6 is 11.6 Å². The van der Waals surface area contributed by atoms with E-state index < -0.39 is 47.3 Å². The zero-order valence-electron chi connectivity index (χ0n) is 16.6. The number of allylic oxidation sites excluding steroid dienone is 1. The van der Waals surface area contributed by atoms with E-state index in [0.717, 1.165) is 19.2 Å². The Morgan fingerprint density at radius 3 is 2.47 bits per heavy atom. The smallest absolute Gasteiger partial charge is 0.416 e. The van der Waals surface area contributed by atoms with Crippen LogP contribution in [0, 0.1) is 5.82 Å². The zero-order valence-corrected chi connectivity index (χ0v) is 17.4. The molecule has 0 radical (unpaired) electrons. The number of pyridine rings is 1. The molecule has 1 N–H and O–H groups in total. The predicted molar refractivity (Wildman–Crippen MR) is 105 cm³/mol. The van der Waals surface area contributed by atoms with Crippen LogP contribution in [0.25, 0.3) is 5.69 Å². The van der Waals surface area contributed by atoms with Crippen molar-refractivity contribution in [2.75, 3.05) is 13.7 Å². The number of hydrogen-bond acceptors (Lipinski definition) is 6. The number of ether oxygens (including phenoxy) is 3. The second-order valence-corrected chi connectivity index (χ2v) is 6.46. The average molecular weight is 478 g/mol. The number of esters is 1. The highest BCUT2D eigenvalue weighted by Gasteiger charge is 2.32. The van der Waals surface area contributed by atoms with E-state index in [2.05, 4.69) is 11.3 Å². The van der Waals surface area contributed by atoms with Gasteiger partial charge in [0.25, 0.3) is 5.56 Å². The molecule has 0 unspecified atom stereocenters. The highest BCUT2D eigenvalue weighted by molar-refractivity contribution is 6.32. The molecule has 0 aliphatic heterocycles. The molecule has 172 valence electrons. The lowest BCUT2D eigenvalue weighted by Crippen LogP contribution is -2.21. The summed E-state index contributed by atoms with van der Waals surface area (Å²) in [5, 5.41) is 9.70. The van der Waals surface area contributed by atoms with Gasteiger partial charge < -0.3 is 19.3 Å². The number of carbonyl (C=O) groups excluding carboxylic acids is 1. The van der Waals surface area contributed by atoms with Crippen molar-refractivity contribution in [1.29, 1.82) is 0 Å². The van der Waals surface area contributed by atoms with Crippen molar-refractivity contribution in [3.8, 4) is 17.3 Å². The normalized spacial score (nSPS) is 11.8. The van der Waals surface area contributed by atoms with Crippen LogP contribution in [-0.4, -0.2) is 29.4 Å². The lowest BCUT2D eigenvalue weighted by atomic mass is 10.2. The van der Waals surface area contributed by atoms with Crippen molar-refractivity contribution >= 4 is 17.6 Å². The van der Waals surface area contributed by atoms with E-state index in [-0.39, 0.29) is 34.4 Å². The fraction of sp³-hybridized carbons (Fsp3) is 0.200. The summed E-state index contributed by atoms with van der Waals surface area (Å²) in [5.41, 5.74) is -3.38. The van der Waals surface area contributed by atoms with Gasteiger partial charge in [0.05, 0.1) is 23.4 Å². The molecule has 0 atom stereocenters. The second kappa shape index (κ2) is 9.77. The standard InChI is InChI=1S/C20H16ClF4NO6/c1-4-15(10(2)31-9-19(29)30-3)32-16-8-14(13(22)7-12(16)21)26-17(27)5-11(6-18(26)28)20(23,24)25/h4-8,27H,2,9H2,1,3H3. The topological polar surface area (TPSA) is 87.0 Å². The van der Waals surface area contributed by atoms with E-state index in [1.165, 1.54) is 13.0 Å². The number of aromatic hydroxyl groups is 1. The molecule has 32 heavy (non-hydrogen) atoms. The van der Waals surface area contributed by atoms with Crippen LogP contribution in [0.5, 0.6) is 11.6 Å². The first-order valence-corrected chi connectivity index (χ1v) is 9.02. The maximum atomic E-state index is 14.5. The average Bonchev–Trinajstić information content (AvgIpc) is 2.71. The van der Waals surface area contributed by atoms with E-state index in [1.807, 2.05) is 0 Å². The quantitative estimate of drug-likeness (QED) is 0.276. The van der Waals surface area contributed by atoms with E-state index in [9.17, 15) is 32.3 Å². The fourth-order valence-corrected chi connectivity index (χ4v) is 2.59. The molecular weight excluding hydrogens is 462 g/mol. The number of nitrogens with zero attached hydrogens (tertiary/aromatic N) is 1. The summed E-state index contributed by atoms with van der Waals surface area (Å²) in [6, 6.07) is 2.11. The molecular formula is C20H16ClF4NO6. The SMILES string of the molecule is C=C(OCC(=O)OC)C(=CC)Oc1cc(-n2c(O)cc(C(F)(F)F)cc2=O)c(F)cc1Cl. The van der Waals surface area contributed by atoms with Crippen molar-refractivity contribution in [3.63, 3.8) is 0 Å². The minimum absolute atomic E-state index is 0.0441. The molecule has 0 aliphatic rings. The predicted octanol–water partition coefficient (Wildman–Crippen LogP) is 4.34. The van der Waals surface area contributed by atoms with Gasteiger partial charge in [0, 0.05) is 18.2 Å². The van der Waals surface area contributed by atoms with Gasteiger partial charge in [-0.05, 0) is 19.1 Å². The Bertz CT molecular complexity index is 1140. The van der Waals surface area contributed by atoms with Crippen LogP contribution in [0.1, 0.15) is 12.5 Å². The van der Waals surface area contributed by atoms with Crippen molar-refractivity contribution in [2.24, 2.45) is 0 Å². The minimum Gasteiger partial charge on any atom is -0.494 e. The van der Waals surface area contributed by atoms with Crippen LogP contribution in [0.2, 0.25) is 5.02 Å². The molecule has 1 aromatic heterocycles. The van der Waals surface area contributed by atoms with Gasteiger partial charge in [-0.1, -0.05) is 18.2 Å². The van der Waals surface area contributed by atoms with Crippen molar-refractivity contribution < 1.29 is 41.7 Å². The van der Waals surface area contributed by atoms with Gasteiger partial charge >= 0.3 is 12.1 Å². The summed E-state index contributed by atoms with van der Waals surface area (Å²) in [7, 11) is 1.15. The second-order valence-electron chi connectivity index (χ2n) is 6.05. The van der Waals surface area contributed by atoms with E-state index in [4.69, 9.17) is 21.1 Å². The van der Waals surface area contributed by atoms with Crippen LogP contribution in [0.3, 0.4) is 0 Å². The van der Waals surface area contributed by atoms with Gasteiger partial charge in [-0.3, -0.25) is 4.79 Å². The Kier molecular flexibility index (Phi) is 7.57. The largest absolute Gasteiger partial charge is 0.494 e. The molecule has 2 aromatic rings. The summed E-state index contributed by atoms with van der Waals surface area (Å²) in [5.74, 6) is -3.38. The number of carbonyl (C=O) groups is 1. The molecule has 0 spiro atoms. The van der Waals surface area contributed by atoms with Crippen LogP contribution < -0.4 is 10.3 Å². The molecule has 0 bridgehead atoms. The van der Waals surface area contributed by atoms with E-state index >= 15 is 0 Å². The Labute approximate surface area is 183 Å². The molecule has 0 saturated carbocycles. The van der Waals surface area contributed by atoms with Crippen LogP contribution in [-0.2, 0) is 20.4 Å². The lowest BCUT2D eigenvalue weighted by Gasteiger charge is -2.17. The first-order valence-electron chi connectivity index (χ1n) is 8.64. The number of aromatic nitrogens is 1. The third kappa shape index (κ3) is 5.61. The summed E-state index contributed by atoms with van der Waals surface area (Å²) in [6.07, 6.45) is -3.52. The molecule has 1 aromatic carbocycles. The molecule has 7 nitrogen and oxygen atoms in total. The maximum Gasteiger partial charge on any atom is 0.416 e. The molecule has 12 heteroatoms. The van der Waals surface area contributed by atoms with Gasteiger partial charge in [-0.15, -0.1) is 0 Å². The molecule has 2 rings (SSSR count). The van der Waals surface area contributed by atoms with E-state index in [0.29, 0.717) is 4.57 Å². The number of rotatable bonds is 7. The summed E-state index contributed by atoms with van der Waals surface area (Å²) in [6.45, 7) is 4.62. The Morgan fingerprint density at radius 2 is 1.94 bits per heavy atom. The van der Waals surface area contributed by atoms with Crippen molar-refractivity contribution in [2.45, 2.75) is 13.1 Å². The number of halogens is 5. The lowest BCUT2D eigenvalue weighted by molar-refractivity contribution is -0.144. The first-order chi connectivity index (χ1) is 14.9. The van der Waals surface area contributed by atoms with E-state index in [1.54, 1.807) is 0 Å². The third-order valence-electron chi connectivity index (χ3n) is 3.93. The Hall–Kier alpha value is -3.47. The van der Waals surface area contributed by atoms with Crippen molar-refractivity contribution in [1.82, 2.24) is 4.57 Å². The molecule has 0 fully saturated rings. The molecule has 0 saturated heterocycles. The zero-order chi connectivity index (χ0) is 24.2. The molecule has 1 heterocycles. The van der Waals surface area contributed by atoms with Gasteiger partial charge in [-0.25, -0.2) is 13.8 Å². The van der Waals surface area contributed by atoms with Gasteiger partial charge in [0.1, 0.15) is 11.6 Å².